The number of halogens is 1. The summed E-state index contributed by atoms with van der Waals surface area (Å²) in [6.07, 6.45) is 1.61. The third-order valence-electron chi connectivity index (χ3n) is 4.34. The van der Waals surface area contributed by atoms with Crippen LogP contribution in [0.2, 0.25) is 5.02 Å². The molecule has 0 fully saturated rings. The Hall–Kier alpha value is -2.64. The van der Waals surface area contributed by atoms with Gasteiger partial charge in [-0.1, -0.05) is 53.7 Å². The van der Waals surface area contributed by atoms with E-state index in [1.165, 1.54) is 11.8 Å². The quantitative estimate of drug-likeness (QED) is 0.571. The molecule has 8 heteroatoms. The maximum Gasteiger partial charge on any atom is 0.229 e. The zero-order valence-corrected chi connectivity index (χ0v) is 16.7. The Morgan fingerprint density at radius 2 is 1.96 bits per heavy atom. The molecule has 1 unspecified atom stereocenters. The van der Waals surface area contributed by atoms with E-state index in [2.05, 4.69) is 10.2 Å². The molecule has 3 aromatic rings. The molecule has 0 saturated heterocycles. The van der Waals surface area contributed by atoms with Crippen LogP contribution in [0.5, 0.6) is 5.75 Å². The highest BCUT2D eigenvalue weighted by Crippen LogP contribution is 2.44. The summed E-state index contributed by atoms with van der Waals surface area (Å²) in [6.45, 7) is 2.83. The van der Waals surface area contributed by atoms with Gasteiger partial charge >= 0.3 is 0 Å². The summed E-state index contributed by atoms with van der Waals surface area (Å²) in [4.78, 5) is 0. The lowest BCUT2D eigenvalue weighted by Crippen LogP contribution is -2.05. The molecule has 144 valence electrons. The van der Waals surface area contributed by atoms with E-state index in [0.29, 0.717) is 33.9 Å². The van der Waals surface area contributed by atoms with E-state index in [-0.39, 0.29) is 17.8 Å². The maximum atomic E-state index is 10.2. The van der Waals surface area contributed by atoms with Gasteiger partial charge in [0.1, 0.15) is 12.0 Å². The number of phenolic OH excluding ortho intramolecular Hbond substituents is 1. The average Bonchev–Trinajstić information content (AvgIpc) is 3.37. The van der Waals surface area contributed by atoms with Crippen LogP contribution in [-0.4, -0.2) is 26.7 Å². The standard InChI is InChI=1S/C20H18ClN3O3S/c1-2-24-19(14-8-4-6-10-16(14)25)22-23-20(24)28-18(17-11-26-12-27-17)13-7-3-5-9-15(13)21/h3-11,18,25H,2,12H2,1H3. The number of hydrogen-bond donors (Lipinski definition) is 1. The molecule has 0 amide bonds. The molecule has 0 aliphatic carbocycles. The lowest BCUT2D eigenvalue weighted by Gasteiger charge is -2.18. The van der Waals surface area contributed by atoms with Crippen LogP contribution in [0, 0.1) is 0 Å². The molecule has 1 aliphatic rings. The first-order chi connectivity index (χ1) is 13.7. The van der Waals surface area contributed by atoms with Crippen molar-refractivity contribution < 1.29 is 14.6 Å². The number of para-hydroxylation sites is 1. The van der Waals surface area contributed by atoms with Crippen LogP contribution in [0.3, 0.4) is 0 Å². The first-order valence-electron chi connectivity index (χ1n) is 8.76. The Morgan fingerprint density at radius 3 is 2.68 bits per heavy atom. The Balaban J connectivity index is 1.74. The summed E-state index contributed by atoms with van der Waals surface area (Å²) >= 11 is 7.92. The predicted molar refractivity (Wildman–Crippen MR) is 108 cm³/mol. The van der Waals surface area contributed by atoms with E-state index in [0.717, 1.165) is 5.56 Å². The van der Waals surface area contributed by atoms with Crippen molar-refractivity contribution >= 4 is 23.4 Å². The third-order valence-corrected chi connectivity index (χ3v) is 5.92. The monoisotopic (exact) mass is 415 g/mol. The molecule has 1 atom stereocenters. The van der Waals surface area contributed by atoms with Crippen molar-refractivity contribution in [2.24, 2.45) is 0 Å². The van der Waals surface area contributed by atoms with Crippen molar-refractivity contribution in [1.29, 1.82) is 0 Å². The van der Waals surface area contributed by atoms with Crippen molar-refractivity contribution in [2.75, 3.05) is 6.79 Å². The smallest absolute Gasteiger partial charge is 0.229 e. The SMILES string of the molecule is CCn1c(SC(C2=COCO2)c2ccccc2Cl)nnc1-c1ccccc1O. The number of hydrogen-bond acceptors (Lipinski definition) is 6. The normalized spacial score (nSPS) is 14.3. The van der Waals surface area contributed by atoms with Crippen LogP contribution < -0.4 is 0 Å². The number of aromatic nitrogens is 3. The Bertz CT molecular complexity index is 1020. The zero-order valence-electron chi connectivity index (χ0n) is 15.1. The van der Waals surface area contributed by atoms with E-state index >= 15 is 0 Å². The van der Waals surface area contributed by atoms with Crippen LogP contribution in [-0.2, 0) is 16.0 Å². The molecule has 4 rings (SSSR count). The first kappa shape index (κ1) is 18.7. The number of phenols is 1. The number of aromatic hydroxyl groups is 1. The summed E-state index contributed by atoms with van der Waals surface area (Å²) in [7, 11) is 0. The molecular weight excluding hydrogens is 398 g/mol. The van der Waals surface area contributed by atoms with Crippen molar-refractivity contribution in [3.05, 3.63) is 71.1 Å². The van der Waals surface area contributed by atoms with Gasteiger partial charge in [0.05, 0.1) is 10.8 Å². The molecule has 6 nitrogen and oxygen atoms in total. The number of benzene rings is 2. The highest BCUT2D eigenvalue weighted by atomic mass is 35.5. The van der Waals surface area contributed by atoms with Gasteiger partial charge in [-0.05, 0) is 30.7 Å². The minimum absolute atomic E-state index is 0.166. The van der Waals surface area contributed by atoms with Gasteiger partial charge in [0.2, 0.25) is 6.79 Å². The van der Waals surface area contributed by atoms with Crippen molar-refractivity contribution in [2.45, 2.75) is 23.9 Å². The van der Waals surface area contributed by atoms with Gasteiger partial charge in [0.15, 0.2) is 16.7 Å². The summed E-state index contributed by atoms with van der Waals surface area (Å²) in [6, 6.07) is 14.7. The van der Waals surface area contributed by atoms with Gasteiger partial charge in [-0.15, -0.1) is 10.2 Å². The molecular formula is C20H18ClN3O3S. The average molecular weight is 416 g/mol. The largest absolute Gasteiger partial charge is 0.507 e. The topological polar surface area (TPSA) is 69.4 Å². The van der Waals surface area contributed by atoms with Gasteiger partial charge < -0.3 is 19.1 Å². The van der Waals surface area contributed by atoms with Crippen LogP contribution in [0.1, 0.15) is 17.7 Å². The van der Waals surface area contributed by atoms with Crippen molar-refractivity contribution in [1.82, 2.24) is 14.8 Å². The second-order valence-electron chi connectivity index (χ2n) is 6.04. The third kappa shape index (κ3) is 3.55. The van der Waals surface area contributed by atoms with Crippen LogP contribution >= 0.6 is 23.4 Å². The molecule has 1 N–H and O–H groups in total. The zero-order chi connectivity index (χ0) is 19.5. The molecule has 0 spiro atoms. The van der Waals surface area contributed by atoms with E-state index in [1.807, 2.05) is 47.9 Å². The summed E-state index contributed by atoms with van der Waals surface area (Å²) in [5.74, 6) is 1.45. The van der Waals surface area contributed by atoms with Crippen molar-refractivity contribution in [3.8, 4) is 17.1 Å². The minimum atomic E-state index is -0.233. The first-order valence-corrected chi connectivity index (χ1v) is 10.0. The fourth-order valence-electron chi connectivity index (χ4n) is 2.98. The maximum absolute atomic E-state index is 10.2. The second-order valence-corrected chi connectivity index (χ2v) is 7.52. The lowest BCUT2D eigenvalue weighted by molar-refractivity contribution is 0.0787. The van der Waals surface area contributed by atoms with E-state index in [1.54, 1.807) is 18.4 Å². The number of thioether (sulfide) groups is 1. The van der Waals surface area contributed by atoms with Gasteiger partial charge in [0.25, 0.3) is 0 Å². The molecule has 0 radical (unpaired) electrons. The van der Waals surface area contributed by atoms with E-state index in [4.69, 9.17) is 21.1 Å². The number of ether oxygens (including phenoxy) is 2. The summed E-state index contributed by atoms with van der Waals surface area (Å²) < 4.78 is 12.9. The summed E-state index contributed by atoms with van der Waals surface area (Å²) in [5.41, 5.74) is 1.54. The van der Waals surface area contributed by atoms with Gasteiger partial charge in [0, 0.05) is 11.6 Å². The van der Waals surface area contributed by atoms with Gasteiger partial charge in [-0.25, -0.2) is 0 Å². The molecule has 2 aromatic carbocycles. The molecule has 2 heterocycles. The Morgan fingerprint density at radius 1 is 1.18 bits per heavy atom. The highest BCUT2D eigenvalue weighted by Gasteiger charge is 2.28. The lowest BCUT2D eigenvalue weighted by atomic mass is 10.1. The van der Waals surface area contributed by atoms with Crippen LogP contribution in [0.15, 0.2) is 65.7 Å². The van der Waals surface area contributed by atoms with Crippen molar-refractivity contribution in [3.63, 3.8) is 0 Å². The van der Waals surface area contributed by atoms with Gasteiger partial charge in [-0.2, -0.15) is 0 Å². The fraction of sp³-hybridized carbons (Fsp3) is 0.200. The van der Waals surface area contributed by atoms with E-state index in [9.17, 15) is 5.11 Å². The number of nitrogens with zero attached hydrogens (tertiary/aromatic N) is 3. The van der Waals surface area contributed by atoms with Gasteiger partial charge in [-0.3, -0.25) is 0 Å². The van der Waals surface area contributed by atoms with Crippen LogP contribution in [0.25, 0.3) is 11.4 Å². The minimum Gasteiger partial charge on any atom is -0.507 e. The second kappa shape index (κ2) is 8.16. The molecule has 1 aliphatic heterocycles. The molecule has 0 saturated carbocycles. The Labute approximate surface area is 171 Å². The fourth-order valence-corrected chi connectivity index (χ4v) is 4.50. The van der Waals surface area contributed by atoms with Crippen LogP contribution in [0.4, 0.5) is 0 Å². The highest BCUT2D eigenvalue weighted by molar-refractivity contribution is 7.99. The molecule has 0 bridgehead atoms. The Kier molecular flexibility index (Phi) is 5.45. The number of rotatable bonds is 6. The molecule has 28 heavy (non-hydrogen) atoms. The summed E-state index contributed by atoms with van der Waals surface area (Å²) in [5, 5.41) is 20.0. The predicted octanol–water partition coefficient (Wildman–Crippen LogP) is 5.00. The van der Waals surface area contributed by atoms with E-state index < -0.39 is 0 Å². The molecule has 1 aromatic heterocycles.